The van der Waals surface area contributed by atoms with Gasteiger partial charge in [0.25, 0.3) is 0 Å². The van der Waals surface area contributed by atoms with Crippen LogP contribution in [0.1, 0.15) is 23.0 Å². The number of oxazole rings is 2. The molecule has 11 rings (SSSR count). The fourth-order valence-electron chi connectivity index (χ4n) is 9.64. The van der Waals surface area contributed by atoms with E-state index in [1.54, 1.807) is 0 Å². The third-order valence-electron chi connectivity index (χ3n) is 12.5. The molecule has 0 saturated heterocycles. The lowest BCUT2D eigenvalue weighted by molar-refractivity contribution is 0.585. The fraction of sp³-hybridized carbons (Fsp3) is 0.0175. The molecule has 4 aromatic heterocycles. The van der Waals surface area contributed by atoms with Crippen LogP contribution in [0.5, 0.6) is 0 Å². The van der Waals surface area contributed by atoms with Crippen molar-refractivity contribution in [1.29, 1.82) is 10.5 Å². The molecular weight excluding hydrogens is 822 g/mol. The monoisotopic (exact) mass is 860 g/mol. The Kier molecular flexibility index (Phi) is 10.4. The Labute approximate surface area is 387 Å². The fourth-order valence-corrected chi connectivity index (χ4v) is 9.64. The number of benzene rings is 7. The molecule has 7 aromatic carbocycles. The van der Waals surface area contributed by atoms with Gasteiger partial charge in [-0.25, -0.2) is 9.97 Å². The first-order valence-electron chi connectivity index (χ1n) is 22.0. The smallest absolute Gasteiger partial charge is 0.328 e. The predicted molar refractivity (Wildman–Crippen MR) is 270 cm³/mol. The highest BCUT2D eigenvalue weighted by atomic mass is 16.4. The molecule has 10 heteroatoms. The molecule has 0 saturated carbocycles. The van der Waals surface area contributed by atoms with E-state index in [9.17, 15) is 10.5 Å². The maximum atomic E-state index is 11.8. The van der Waals surface area contributed by atoms with E-state index in [1.165, 1.54) is 0 Å². The summed E-state index contributed by atoms with van der Waals surface area (Å²) in [6.07, 6.45) is 1.84. The van der Waals surface area contributed by atoms with E-state index in [-0.39, 0.29) is 22.9 Å². The van der Waals surface area contributed by atoms with Gasteiger partial charge in [-0.15, -0.1) is 0 Å². The van der Waals surface area contributed by atoms with Crippen molar-refractivity contribution in [2.24, 2.45) is 0 Å². The summed E-state index contributed by atoms with van der Waals surface area (Å²) in [5.74, 6) is 0.326. The number of fused-ring (bicyclic) bond motifs is 3. The Balaban J connectivity index is 1.49. The van der Waals surface area contributed by atoms with Crippen molar-refractivity contribution in [3.05, 3.63) is 234 Å². The molecule has 0 N–H and O–H groups in total. The maximum Gasteiger partial charge on any atom is 0.328 e. The molecule has 0 aliphatic carbocycles. The summed E-state index contributed by atoms with van der Waals surface area (Å²) in [7, 11) is 0. The molecule has 0 bridgehead atoms. The molecule has 67 heavy (non-hydrogen) atoms. The Morgan fingerprint density at radius 2 is 0.896 bits per heavy atom. The standard InChI is InChI=1S/C57H38B2N6O2/c1-3-48-51-52(55(45(37-61)57-63-47-33-19-21-35-50(47)67-57)64(48)58(39-23-8-4-9-24-39)40-25-10-5-11-26-40)53(43-31-17-16-22-38(43)2)65(59(41-27-12-6-13-28-41)42-29-14-7-15-30-42)54(51)44(36-60)56-62-46-32-18-20-34-49(46)66-56/h3-35H,1H2,2H3/b54-44-,55-45-. The van der Waals surface area contributed by atoms with Crippen LogP contribution in [0.4, 0.5) is 0 Å². The second-order valence-corrected chi connectivity index (χ2v) is 16.3. The van der Waals surface area contributed by atoms with E-state index >= 15 is 0 Å². The van der Waals surface area contributed by atoms with Gasteiger partial charge >= 0.3 is 13.7 Å². The molecular formula is C57H38B2N6O2. The summed E-state index contributed by atoms with van der Waals surface area (Å²) in [6, 6.07) is 69.6. The van der Waals surface area contributed by atoms with Crippen LogP contribution in [0, 0.1) is 29.6 Å². The molecule has 0 unspecified atom stereocenters. The second-order valence-electron chi connectivity index (χ2n) is 16.3. The van der Waals surface area contributed by atoms with Gasteiger partial charge in [-0.3, -0.25) is 0 Å². The highest BCUT2D eigenvalue weighted by molar-refractivity contribution is 6.85. The molecule has 0 spiro atoms. The number of nitrogens with zero attached hydrogens (tertiary/aromatic N) is 6. The average molecular weight is 861 g/mol. The van der Waals surface area contributed by atoms with Crippen molar-refractivity contribution < 1.29 is 8.83 Å². The summed E-state index contributed by atoms with van der Waals surface area (Å²) in [5.41, 5.74) is 9.94. The molecule has 8 nitrogen and oxygen atoms in total. The van der Waals surface area contributed by atoms with Crippen LogP contribution in [-0.4, -0.2) is 32.6 Å². The molecule has 11 aromatic rings. The Bertz CT molecular complexity index is 3640. The van der Waals surface area contributed by atoms with E-state index in [0.717, 1.165) is 38.7 Å². The van der Waals surface area contributed by atoms with Gasteiger partial charge in [0.2, 0.25) is 11.8 Å². The molecule has 0 aliphatic rings. The van der Waals surface area contributed by atoms with Gasteiger partial charge in [0.1, 0.15) is 34.3 Å². The normalized spacial score (nSPS) is 12.2. The van der Waals surface area contributed by atoms with Crippen LogP contribution in [0.25, 0.3) is 61.5 Å². The molecule has 314 valence electrons. The summed E-state index contributed by atoms with van der Waals surface area (Å²) < 4.78 is 17.6. The number of hydrogen-bond acceptors (Lipinski definition) is 6. The number of para-hydroxylation sites is 4. The van der Waals surface area contributed by atoms with E-state index in [4.69, 9.17) is 18.8 Å². The van der Waals surface area contributed by atoms with Crippen molar-refractivity contribution in [1.82, 2.24) is 18.9 Å². The van der Waals surface area contributed by atoms with Gasteiger partial charge in [0.05, 0.1) is 10.7 Å². The van der Waals surface area contributed by atoms with Crippen molar-refractivity contribution in [2.45, 2.75) is 6.92 Å². The number of aryl methyl sites for hydroxylation is 1. The van der Waals surface area contributed by atoms with Crippen LogP contribution in [0.15, 0.2) is 210 Å². The van der Waals surface area contributed by atoms with Crippen molar-refractivity contribution in [3.8, 4) is 23.4 Å². The molecule has 4 heterocycles. The maximum absolute atomic E-state index is 11.8. The van der Waals surface area contributed by atoms with Crippen LogP contribution in [0.2, 0.25) is 0 Å². The average Bonchev–Trinajstić information content (AvgIpc) is 4.16. The van der Waals surface area contributed by atoms with Crippen LogP contribution in [0.3, 0.4) is 0 Å². The summed E-state index contributed by atoms with van der Waals surface area (Å²) in [4.78, 5) is 9.99. The van der Waals surface area contributed by atoms with Gasteiger partial charge in [-0.2, -0.15) is 10.5 Å². The van der Waals surface area contributed by atoms with Crippen molar-refractivity contribution in [2.75, 3.05) is 0 Å². The second kappa shape index (κ2) is 17.1. The lowest BCUT2D eigenvalue weighted by Crippen LogP contribution is -2.54. The molecule has 0 atom stereocenters. The third kappa shape index (κ3) is 6.88. The lowest BCUT2D eigenvalue weighted by Gasteiger charge is -2.24. The highest BCUT2D eigenvalue weighted by Gasteiger charge is 2.37. The van der Waals surface area contributed by atoms with Gasteiger partial charge in [-0.1, -0.05) is 198 Å². The van der Waals surface area contributed by atoms with Crippen LogP contribution < -0.4 is 32.5 Å². The summed E-state index contributed by atoms with van der Waals surface area (Å²) in [6.45, 7) is 5.62. The molecule has 0 amide bonds. The first kappa shape index (κ1) is 40.7. The largest absolute Gasteiger partial charge is 0.435 e. The number of rotatable bonds is 10. The molecule has 0 aliphatic heterocycles. The van der Waals surface area contributed by atoms with Gasteiger partial charge in [0.15, 0.2) is 11.2 Å². The first-order valence-corrected chi connectivity index (χ1v) is 22.0. The minimum absolute atomic E-state index is 0.163. The van der Waals surface area contributed by atoms with Gasteiger partial charge in [0, 0.05) is 27.7 Å². The first-order chi connectivity index (χ1) is 33.1. The predicted octanol–water partition coefficient (Wildman–Crippen LogP) is 8.10. The molecule has 0 fully saturated rings. The van der Waals surface area contributed by atoms with Crippen LogP contribution in [-0.2, 0) is 0 Å². The van der Waals surface area contributed by atoms with E-state index in [0.29, 0.717) is 49.4 Å². The molecule has 0 radical (unpaired) electrons. The van der Waals surface area contributed by atoms with Gasteiger partial charge < -0.3 is 17.8 Å². The van der Waals surface area contributed by atoms with E-state index < -0.39 is 13.7 Å². The quantitative estimate of drug-likeness (QED) is 0.129. The SMILES string of the molecule is C=Cc1c2/c(=C(\C#N)c3nc4ccccc4o3)n(B(c3ccccc3)c3ccccc3)c(-c3ccccc3C)c2/c(=C(\C#N)c2nc3ccccc3o2)n1B(c1ccccc1)c1ccccc1. The summed E-state index contributed by atoms with van der Waals surface area (Å²) in [5, 5.41) is 26.1. The Hall–Kier alpha value is -9.11. The Morgan fingerprint density at radius 3 is 1.31 bits per heavy atom. The number of nitriles is 2. The number of aromatic nitrogens is 4. The summed E-state index contributed by atoms with van der Waals surface area (Å²) >= 11 is 0. The van der Waals surface area contributed by atoms with Gasteiger partial charge in [-0.05, 0) is 42.8 Å². The zero-order chi connectivity index (χ0) is 45.4. The topological polar surface area (TPSA) is 110 Å². The van der Waals surface area contributed by atoms with Crippen molar-refractivity contribution >= 4 is 85.7 Å². The van der Waals surface area contributed by atoms with Crippen LogP contribution >= 0.6 is 0 Å². The lowest BCUT2D eigenvalue weighted by atomic mass is 9.50. The van der Waals surface area contributed by atoms with E-state index in [1.807, 2.05) is 140 Å². The Morgan fingerprint density at radius 1 is 0.507 bits per heavy atom. The minimum Gasteiger partial charge on any atom is -0.435 e. The zero-order valence-electron chi connectivity index (χ0n) is 36.4. The number of hydrogen-bond donors (Lipinski definition) is 0. The zero-order valence-corrected chi connectivity index (χ0v) is 36.4. The van der Waals surface area contributed by atoms with Crippen molar-refractivity contribution in [3.63, 3.8) is 0 Å². The highest BCUT2D eigenvalue weighted by Crippen LogP contribution is 2.35. The third-order valence-corrected chi connectivity index (χ3v) is 12.5. The van der Waals surface area contributed by atoms with E-state index in [2.05, 4.69) is 95.3 Å². The minimum atomic E-state index is -0.514.